The van der Waals surface area contributed by atoms with Crippen LogP contribution in [-0.2, 0) is 27.4 Å². The summed E-state index contributed by atoms with van der Waals surface area (Å²) < 4.78 is 5.37. The van der Waals surface area contributed by atoms with E-state index in [0.717, 1.165) is 11.3 Å². The lowest BCUT2D eigenvalue weighted by molar-refractivity contribution is -0.116. The van der Waals surface area contributed by atoms with E-state index in [0.29, 0.717) is 21.2 Å². The summed E-state index contributed by atoms with van der Waals surface area (Å²) in [6.07, 6.45) is 0.138. The van der Waals surface area contributed by atoms with Gasteiger partial charge in [-0.2, -0.15) is 0 Å². The Morgan fingerprint density at radius 3 is 2.65 bits per heavy atom. The number of ether oxygens (including phenoxy) is 1. The molecule has 0 aliphatic carbocycles. The minimum absolute atomic E-state index is 0.0104. The predicted molar refractivity (Wildman–Crippen MR) is 121 cm³/mol. The molecule has 160 valence electrons. The van der Waals surface area contributed by atoms with E-state index in [1.54, 1.807) is 29.6 Å². The molecule has 1 aromatic heterocycles. The van der Waals surface area contributed by atoms with Crippen LogP contribution in [0.2, 0.25) is 0 Å². The zero-order valence-corrected chi connectivity index (χ0v) is 18.4. The molecule has 0 unspecified atom stereocenters. The fourth-order valence-electron chi connectivity index (χ4n) is 2.67. The Morgan fingerprint density at radius 1 is 1.13 bits per heavy atom. The number of nitrogens with two attached hydrogens (primary N) is 1. The zero-order chi connectivity index (χ0) is 22.2. The summed E-state index contributed by atoms with van der Waals surface area (Å²) >= 11 is 2.52. The van der Waals surface area contributed by atoms with E-state index in [9.17, 15) is 14.4 Å². The third kappa shape index (κ3) is 6.66. The zero-order valence-electron chi connectivity index (χ0n) is 16.8. The van der Waals surface area contributed by atoms with Gasteiger partial charge in [0.2, 0.25) is 11.8 Å². The van der Waals surface area contributed by atoms with Crippen molar-refractivity contribution >= 4 is 46.6 Å². The number of anilines is 1. The van der Waals surface area contributed by atoms with E-state index < -0.39 is 11.9 Å². The maximum absolute atomic E-state index is 12.5. The van der Waals surface area contributed by atoms with E-state index in [4.69, 9.17) is 10.5 Å². The molecule has 2 aromatic carbocycles. The Bertz CT molecular complexity index is 1100. The summed E-state index contributed by atoms with van der Waals surface area (Å²) in [5.41, 5.74) is 7.86. The third-order valence-electron chi connectivity index (χ3n) is 4.16. The lowest BCUT2D eigenvalue weighted by atomic mass is 10.2. The molecule has 0 aliphatic rings. The smallest absolute Gasteiger partial charge is 0.339 e. The minimum Gasteiger partial charge on any atom is -0.456 e. The first kappa shape index (κ1) is 22.5. The standard InChI is InChI=1S/C22H21N3O4S2/c1-14-6-2-4-8-17(14)25-20(27)10-21-24-15(12-31-21)11-29-22(28)16-7-3-5-9-18(16)30-13-19(23)26/h2-9,12H,10-11,13H2,1H3,(H2,23,26)(H,25,27). The molecule has 0 bridgehead atoms. The second-order valence-electron chi connectivity index (χ2n) is 6.60. The van der Waals surface area contributed by atoms with Crippen molar-refractivity contribution in [3.05, 3.63) is 75.7 Å². The van der Waals surface area contributed by atoms with E-state index in [1.807, 2.05) is 31.2 Å². The van der Waals surface area contributed by atoms with Gasteiger partial charge < -0.3 is 15.8 Å². The number of nitrogens with one attached hydrogen (secondary N) is 1. The molecule has 0 saturated carbocycles. The molecule has 0 aliphatic heterocycles. The molecular formula is C22H21N3O4S2. The van der Waals surface area contributed by atoms with Crippen molar-refractivity contribution in [2.75, 3.05) is 11.1 Å². The average molecular weight is 456 g/mol. The Kier molecular flexibility index (Phi) is 7.80. The van der Waals surface area contributed by atoms with Crippen LogP contribution in [0.4, 0.5) is 5.69 Å². The lowest BCUT2D eigenvalue weighted by Crippen LogP contribution is -2.15. The molecule has 0 radical (unpaired) electrons. The molecular weight excluding hydrogens is 434 g/mol. The number of benzene rings is 2. The highest BCUT2D eigenvalue weighted by atomic mass is 32.2. The SMILES string of the molecule is Cc1ccccc1NC(=O)Cc1nc(COC(=O)c2ccccc2SCC(N)=O)cs1. The molecule has 0 fully saturated rings. The van der Waals surface area contributed by atoms with Gasteiger partial charge in [-0.3, -0.25) is 9.59 Å². The number of aromatic nitrogens is 1. The first-order valence-electron chi connectivity index (χ1n) is 9.38. The topological polar surface area (TPSA) is 111 Å². The highest BCUT2D eigenvalue weighted by Crippen LogP contribution is 2.23. The van der Waals surface area contributed by atoms with Gasteiger partial charge in [-0.25, -0.2) is 9.78 Å². The number of hydrogen-bond acceptors (Lipinski definition) is 7. The van der Waals surface area contributed by atoms with Crippen LogP contribution in [0.3, 0.4) is 0 Å². The van der Waals surface area contributed by atoms with Gasteiger partial charge in [-0.05, 0) is 30.7 Å². The molecule has 3 rings (SSSR count). The molecule has 0 saturated heterocycles. The van der Waals surface area contributed by atoms with Crippen LogP contribution in [-0.4, -0.2) is 28.5 Å². The Labute approximate surface area is 188 Å². The van der Waals surface area contributed by atoms with Crippen LogP contribution in [0.15, 0.2) is 58.8 Å². The molecule has 0 atom stereocenters. The number of nitrogens with zero attached hydrogens (tertiary/aromatic N) is 1. The number of rotatable bonds is 9. The normalized spacial score (nSPS) is 10.5. The summed E-state index contributed by atoms with van der Waals surface area (Å²) in [5, 5.41) is 5.27. The van der Waals surface area contributed by atoms with Gasteiger partial charge in [0.15, 0.2) is 0 Å². The van der Waals surface area contributed by atoms with Crippen molar-refractivity contribution in [1.29, 1.82) is 0 Å². The van der Waals surface area contributed by atoms with Crippen LogP contribution in [0, 0.1) is 6.92 Å². The Morgan fingerprint density at radius 2 is 1.87 bits per heavy atom. The fourth-order valence-corrected chi connectivity index (χ4v) is 4.23. The summed E-state index contributed by atoms with van der Waals surface area (Å²) in [6.45, 7) is 1.92. The number of carbonyl (C=O) groups is 3. The number of esters is 1. The van der Waals surface area contributed by atoms with Crippen molar-refractivity contribution in [3.63, 3.8) is 0 Å². The molecule has 7 nitrogen and oxygen atoms in total. The number of carbonyl (C=O) groups excluding carboxylic acids is 3. The molecule has 3 N–H and O–H groups in total. The molecule has 2 amide bonds. The van der Waals surface area contributed by atoms with Crippen LogP contribution in [0.1, 0.15) is 26.6 Å². The molecule has 31 heavy (non-hydrogen) atoms. The van der Waals surface area contributed by atoms with Crippen LogP contribution in [0.25, 0.3) is 0 Å². The van der Waals surface area contributed by atoms with Gasteiger partial charge in [-0.15, -0.1) is 23.1 Å². The average Bonchev–Trinajstić information content (AvgIpc) is 3.19. The largest absolute Gasteiger partial charge is 0.456 e. The van der Waals surface area contributed by atoms with Crippen molar-refractivity contribution in [2.24, 2.45) is 5.73 Å². The van der Waals surface area contributed by atoms with E-state index in [2.05, 4.69) is 10.3 Å². The first-order chi connectivity index (χ1) is 14.9. The number of aryl methyl sites for hydroxylation is 1. The summed E-state index contributed by atoms with van der Waals surface area (Å²) in [5.74, 6) is -1.06. The van der Waals surface area contributed by atoms with Crippen LogP contribution in [0.5, 0.6) is 0 Å². The van der Waals surface area contributed by atoms with Crippen molar-refractivity contribution in [3.8, 4) is 0 Å². The highest BCUT2D eigenvalue weighted by molar-refractivity contribution is 8.00. The van der Waals surface area contributed by atoms with E-state index >= 15 is 0 Å². The molecule has 0 spiro atoms. The van der Waals surface area contributed by atoms with Crippen molar-refractivity contribution < 1.29 is 19.1 Å². The van der Waals surface area contributed by atoms with E-state index in [1.165, 1.54) is 23.1 Å². The van der Waals surface area contributed by atoms with Crippen LogP contribution < -0.4 is 11.1 Å². The number of thioether (sulfide) groups is 1. The van der Waals surface area contributed by atoms with E-state index in [-0.39, 0.29) is 24.7 Å². The summed E-state index contributed by atoms with van der Waals surface area (Å²) in [6, 6.07) is 14.4. The highest BCUT2D eigenvalue weighted by Gasteiger charge is 2.15. The van der Waals surface area contributed by atoms with Gasteiger partial charge in [0.25, 0.3) is 0 Å². The molecule has 9 heteroatoms. The second-order valence-corrected chi connectivity index (χ2v) is 8.56. The van der Waals surface area contributed by atoms with Crippen molar-refractivity contribution in [1.82, 2.24) is 4.98 Å². The number of primary amides is 1. The van der Waals surface area contributed by atoms with Gasteiger partial charge in [-0.1, -0.05) is 30.3 Å². The monoisotopic (exact) mass is 455 g/mol. The lowest BCUT2D eigenvalue weighted by Gasteiger charge is -2.08. The minimum atomic E-state index is -0.514. The quantitative estimate of drug-likeness (QED) is 0.377. The summed E-state index contributed by atoms with van der Waals surface area (Å²) in [7, 11) is 0. The summed E-state index contributed by atoms with van der Waals surface area (Å²) in [4.78, 5) is 40.8. The third-order valence-corrected chi connectivity index (χ3v) is 6.15. The van der Waals surface area contributed by atoms with Gasteiger partial charge >= 0.3 is 5.97 Å². The molecule has 3 aromatic rings. The fraction of sp³-hybridized carbons (Fsp3) is 0.182. The first-order valence-corrected chi connectivity index (χ1v) is 11.2. The number of hydrogen-bond donors (Lipinski definition) is 2. The van der Waals surface area contributed by atoms with Crippen LogP contribution >= 0.6 is 23.1 Å². The van der Waals surface area contributed by atoms with Gasteiger partial charge in [0.05, 0.1) is 23.4 Å². The predicted octanol–water partition coefficient (Wildman–Crippen LogP) is 3.57. The number of para-hydroxylation sites is 1. The van der Waals surface area contributed by atoms with Gasteiger partial charge in [0, 0.05) is 16.0 Å². The van der Waals surface area contributed by atoms with Crippen molar-refractivity contribution in [2.45, 2.75) is 24.8 Å². The molecule has 1 heterocycles. The van der Waals surface area contributed by atoms with Gasteiger partial charge in [0.1, 0.15) is 11.6 Å². The number of thiazole rings is 1. The second kappa shape index (κ2) is 10.7. The maximum atomic E-state index is 12.5. The number of amides is 2. The maximum Gasteiger partial charge on any atom is 0.339 e. The Hall–Kier alpha value is -3.17. The Balaban J connectivity index is 1.54.